The largest absolute Gasteiger partial charge is 0.507 e. The molecule has 18 nitrogen and oxygen atoms in total. The molecule has 2 atom stereocenters. The van der Waals surface area contributed by atoms with Crippen LogP contribution in [0.3, 0.4) is 0 Å². The lowest BCUT2D eigenvalue weighted by molar-refractivity contribution is -0.136. The molecule has 328 valence electrons. The smallest absolute Gasteiger partial charge is 0.273 e. The zero-order valence-corrected chi connectivity index (χ0v) is 34.8. The van der Waals surface area contributed by atoms with Gasteiger partial charge in [-0.15, -0.1) is 0 Å². The van der Waals surface area contributed by atoms with Crippen LogP contribution in [0.1, 0.15) is 120 Å². The number of fused-ring (bicyclic) bond motifs is 2. The van der Waals surface area contributed by atoms with Crippen molar-refractivity contribution >= 4 is 47.3 Å². The van der Waals surface area contributed by atoms with Crippen LogP contribution in [0, 0.1) is 0 Å². The predicted molar refractivity (Wildman–Crippen MR) is 224 cm³/mol. The first-order valence-corrected chi connectivity index (χ1v) is 20.8. The third kappa shape index (κ3) is 9.74. The topological polar surface area (TPSA) is 247 Å². The van der Waals surface area contributed by atoms with Gasteiger partial charge in [-0.3, -0.25) is 48.6 Å². The van der Waals surface area contributed by atoms with Gasteiger partial charge in [-0.2, -0.15) is 0 Å². The summed E-state index contributed by atoms with van der Waals surface area (Å²) in [5.74, 6) is -3.91. The Hall–Kier alpha value is -7.37. The average molecular weight is 862 g/mol. The molecule has 3 aromatic carbocycles. The van der Waals surface area contributed by atoms with E-state index in [1.54, 1.807) is 32.3 Å². The van der Waals surface area contributed by atoms with Crippen LogP contribution in [0.15, 0.2) is 65.2 Å². The van der Waals surface area contributed by atoms with E-state index in [2.05, 4.69) is 26.4 Å². The van der Waals surface area contributed by atoms with Crippen LogP contribution >= 0.6 is 0 Å². The third-order valence-corrected chi connectivity index (χ3v) is 11.2. The molecule has 0 saturated carbocycles. The summed E-state index contributed by atoms with van der Waals surface area (Å²) >= 11 is 0. The Labute approximate surface area is 361 Å². The number of ether oxygens (including phenoxy) is 1. The number of phenolic OH excluding ortho intramolecular Hbond substituents is 1. The molecule has 0 radical (unpaired) electrons. The fraction of sp³-hybridized carbons (Fsp3) is 0.356. The van der Waals surface area contributed by atoms with Crippen LogP contribution in [0.5, 0.6) is 11.5 Å². The second kappa shape index (κ2) is 19.1. The van der Waals surface area contributed by atoms with Crippen molar-refractivity contribution in [1.82, 2.24) is 36.2 Å². The first-order chi connectivity index (χ1) is 30.3. The van der Waals surface area contributed by atoms with E-state index >= 15 is 0 Å². The van der Waals surface area contributed by atoms with Gasteiger partial charge in [-0.05, 0) is 79.6 Å². The molecule has 18 heteroatoms. The highest BCUT2D eigenvalue weighted by molar-refractivity contribution is 6.24. The Kier molecular flexibility index (Phi) is 13.3. The molecule has 1 fully saturated rings. The zero-order chi connectivity index (χ0) is 44.8. The minimum atomic E-state index is -1.11. The summed E-state index contributed by atoms with van der Waals surface area (Å²) in [5, 5.41) is 25.2. The molecule has 1 saturated heterocycles. The maximum atomic E-state index is 13.2. The first-order valence-electron chi connectivity index (χ1n) is 20.8. The van der Waals surface area contributed by atoms with E-state index in [0.29, 0.717) is 30.6 Å². The van der Waals surface area contributed by atoms with Crippen molar-refractivity contribution < 1.29 is 52.7 Å². The van der Waals surface area contributed by atoms with E-state index in [-0.39, 0.29) is 76.9 Å². The summed E-state index contributed by atoms with van der Waals surface area (Å²) in [7, 11) is 3.17. The molecule has 5 N–H and O–H groups in total. The van der Waals surface area contributed by atoms with Crippen LogP contribution in [0.4, 0.5) is 0 Å². The molecular formula is C45H47N7O11. The number of rotatable bonds is 17. The van der Waals surface area contributed by atoms with Gasteiger partial charge in [0.1, 0.15) is 17.5 Å². The number of phenols is 1. The fourth-order valence-electron chi connectivity index (χ4n) is 7.86. The quantitative estimate of drug-likeness (QED) is 0.0757. The molecule has 4 aromatic rings. The zero-order valence-electron chi connectivity index (χ0n) is 34.8. The van der Waals surface area contributed by atoms with Crippen molar-refractivity contribution in [2.75, 3.05) is 33.8 Å². The van der Waals surface area contributed by atoms with Gasteiger partial charge in [-0.25, -0.2) is 0 Å². The molecule has 2 unspecified atom stereocenters. The van der Waals surface area contributed by atoms with Crippen molar-refractivity contribution in [1.29, 1.82) is 0 Å². The lowest BCUT2D eigenvalue weighted by Crippen LogP contribution is -2.54. The van der Waals surface area contributed by atoms with E-state index < -0.39 is 41.5 Å². The van der Waals surface area contributed by atoms with Gasteiger partial charge in [0.05, 0.1) is 22.7 Å². The van der Waals surface area contributed by atoms with Gasteiger partial charge in [0.2, 0.25) is 11.8 Å². The van der Waals surface area contributed by atoms with Gasteiger partial charge in [-0.1, -0.05) is 42.6 Å². The summed E-state index contributed by atoms with van der Waals surface area (Å²) in [6.07, 6.45) is 5.49. The Morgan fingerprint density at radius 3 is 2.38 bits per heavy atom. The Bertz CT molecular complexity index is 2500. The summed E-state index contributed by atoms with van der Waals surface area (Å²) in [6, 6.07) is 14.4. The molecule has 0 bridgehead atoms. The fourth-order valence-corrected chi connectivity index (χ4v) is 7.86. The van der Waals surface area contributed by atoms with Gasteiger partial charge in [0.15, 0.2) is 18.1 Å². The number of carbonyl (C=O) groups excluding carboxylic acids is 8. The second-order valence-electron chi connectivity index (χ2n) is 15.8. The summed E-state index contributed by atoms with van der Waals surface area (Å²) in [6.45, 7) is 0.507. The number of amides is 8. The molecule has 63 heavy (non-hydrogen) atoms. The van der Waals surface area contributed by atoms with Gasteiger partial charge in [0, 0.05) is 50.8 Å². The van der Waals surface area contributed by atoms with Crippen molar-refractivity contribution in [3.05, 3.63) is 99.7 Å². The van der Waals surface area contributed by atoms with Crippen LogP contribution in [0.2, 0.25) is 0 Å². The number of piperidine rings is 1. The number of nitrogens with zero attached hydrogens (tertiary/aromatic N) is 3. The van der Waals surface area contributed by atoms with E-state index in [1.165, 1.54) is 41.3 Å². The van der Waals surface area contributed by atoms with E-state index in [4.69, 9.17) is 9.26 Å². The van der Waals surface area contributed by atoms with E-state index in [9.17, 15) is 43.5 Å². The molecule has 1 aliphatic carbocycles. The number of carbonyl (C=O) groups is 8. The van der Waals surface area contributed by atoms with Gasteiger partial charge in [0.25, 0.3) is 35.4 Å². The SMILES string of the molecule is CN(C)C(=O)c1ccc(-c2cc(C(=O)NC3CCc4ccc(C(=O)NCCCCCCCNC(=O)COc5cccc6c5C(=O)N(C5CCC(=O)NC5=O)C6=O)cc43)no2)cc1O. The van der Waals surface area contributed by atoms with Gasteiger partial charge < -0.3 is 35.2 Å². The lowest BCUT2D eigenvalue weighted by atomic mass is 10.0. The third-order valence-electron chi connectivity index (χ3n) is 11.2. The summed E-state index contributed by atoms with van der Waals surface area (Å²) < 4.78 is 11.0. The monoisotopic (exact) mass is 861 g/mol. The number of aromatic hydroxyl groups is 1. The molecule has 3 aliphatic rings. The number of aryl methyl sites for hydroxylation is 1. The summed E-state index contributed by atoms with van der Waals surface area (Å²) in [4.78, 5) is 103. The summed E-state index contributed by atoms with van der Waals surface area (Å²) in [5.41, 5.74) is 3.05. The molecule has 8 amide bonds. The minimum absolute atomic E-state index is 0.00286. The number of nitrogens with one attached hydrogen (secondary N) is 4. The molecule has 1 aromatic heterocycles. The van der Waals surface area contributed by atoms with Crippen LogP contribution in [-0.4, -0.2) is 107 Å². The standard InChI is InChI=1S/C45H47N7O11/c1-51(2)43(59)28-15-13-26(22-34(28)53)36-23-32(50-63-36)41(57)48-31-16-14-25-11-12-27(21-30(25)31)40(56)47-20-7-5-3-4-6-19-46-38(55)24-62-35-10-8-9-29-39(35)45(61)52(44(29)60)33-17-18-37(54)49-42(33)58/h8-13,15,21-23,31,33,53H,3-7,14,16-20,24H2,1-2H3,(H,46,55)(H,47,56)(H,48,57)(H,49,54,58). The minimum Gasteiger partial charge on any atom is -0.507 e. The normalized spacial score (nSPS) is 16.6. The van der Waals surface area contributed by atoms with Crippen molar-refractivity contribution in [3.63, 3.8) is 0 Å². The highest BCUT2D eigenvalue weighted by atomic mass is 16.5. The molecule has 7 rings (SSSR count). The molecule has 0 spiro atoms. The highest BCUT2D eigenvalue weighted by Crippen LogP contribution is 2.35. The molecular weight excluding hydrogens is 815 g/mol. The number of hydrogen-bond donors (Lipinski definition) is 5. The van der Waals surface area contributed by atoms with Crippen molar-refractivity contribution in [2.24, 2.45) is 0 Å². The predicted octanol–water partition coefficient (Wildman–Crippen LogP) is 3.44. The van der Waals surface area contributed by atoms with E-state index in [0.717, 1.165) is 54.6 Å². The van der Waals surface area contributed by atoms with E-state index in [1.807, 2.05) is 6.07 Å². The molecule has 2 aliphatic heterocycles. The average Bonchev–Trinajstić information content (AvgIpc) is 3.99. The Morgan fingerprint density at radius 1 is 0.873 bits per heavy atom. The molecule has 3 heterocycles. The maximum Gasteiger partial charge on any atom is 0.273 e. The first kappa shape index (κ1) is 43.7. The number of benzene rings is 3. The second-order valence-corrected chi connectivity index (χ2v) is 15.8. The number of unbranched alkanes of at least 4 members (excludes halogenated alkanes) is 4. The number of aromatic nitrogens is 1. The number of hydrogen-bond acceptors (Lipinski definition) is 12. The van der Waals surface area contributed by atoms with Gasteiger partial charge >= 0.3 is 0 Å². The lowest BCUT2D eigenvalue weighted by Gasteiger charge is -2.27. The number of imide groups is 2. The maximum absolute atomic E-state index is 13.2. The van der Waals surface area contributed by atoms with Crippen LogP contribution in [-0.2, 0) is 20.8 Å². The Balaban J connectivity index is 0.787. The van der Waals surface area contributed by atoms with Crippen molar-refractivity contribution in [3.8, 4) is 22.8 Å². The van der Waals surface area contributed by atoms with Crippen LogP contribution < -0.4 is 26.0 Å². The Morgan fingerprint density at radius 2 is 1.63 bits per heavy atom. The van der Waals surface area contributed by atoms with Crippen LogP contribution in [0.25, 0.3) is 11.3 Å². The van der Waals surface area contributed by atoms with Crippen molar-refractivity contribution in [2.45, 2.75) is 69.9 Å². The highest BCUT2D eigenvalue weighted by Gasteiger charge is 2.46.